The zero-order valence-corrected chi connectivity index (χ0v) is 15.2. The normalized spacial score (nSPS) is 23.6. The summed E-state index contributed by atoms with van der Waals surface area (Å²) < 4.78 is 25.2. The van der Waals surface area contributed by atoms with Crippen molar-refractivity contribution in [2.24, 2.45) is 5.92 Å². The van der Waals surface area contributed by atoms with Crippen LogP contribution in [0.1, 0.15) is 51.9 Å². The highest BCUT2D eigenvalue weighted by molar-refractivity contribution is 7.88. The van der Waals surface area contributed by atoms with Crippen molar-refractivity contribution >= 4 is 15.9 Å². The summed E-state index contributed by atoms with van der Waals surface area (Å²) >= 11 is 0. The molecule has 2 aliphatic rings. The Morgan fingerprint density at radius 2 is 1.74 bits per heavy atom. The van der Waals surface area contributed by atoms with Gasteiger partial charge in [-0.05, 0) is 38.5 Å². The van der Waals surface area contributed by atoms with Crippen LogP contribution < -0.4 is 10.0 Å². The van der Waals surface area contributed by atoms with E-state index in [-0.39, 0.29) is 18.0 Å². The van der Waals surface area contributed by atoms with Crippen LogP contribution in [0.4, 0.5) is 0 Å². The van der Waals surface area contributed by atoms with Crippen LogP contribution in [0.3, 0.4) is 0 Å². The Morgan fingerprint density at radius 3 is 2.30 bits per heavy atom. The third-order valence-corrected chi connectivity index (χ3v) is 5.89. The fourth-order valence-electron chi connectivity index (χ4n) is 3.66. The number of rotatable bonds is 6. The molecule has 0 aromatic rings. The second-order valence-electron chi connectivity index (χ2n) is 7.13. The summed E-state index contributed by atoms with van der Waals surface area (Å²) in [6, 6.07) is -0.142. The van der Waals surface area contributed by atoms with Crippen LogP contribution in [-0.4, -0.2) is 57.2 Å². The van der Waals surface area contributed by atoms with E-state index < -0.39 is 10.0 Å². The van der Waals surface area contributed by atoms with E-state index in [2.05, 4.69) is 14.9 Å². The van der Waals surface area contributed by atoms with Gasteiger partial charge >= 0.3 is 0 Å². The molecule has 1 aliphatic heterocycles. The second-order valence-corrected chi connectivity index (χ2v) is 8.91. The van der Waals surface area contributed by atoms with Crippen LogP contribution in [0.5, 0.6) is 0 Å². The second kappa shape index (κ2) is 8.44. The zero-order chi connectivity index (χ0) is 16.9. The maximum Gasteiger partial charge on any atom is 0.237 e. The van der Waals surface area contributed by atoms with E-state index in [1.165, 1.54) is 38.4 Å². The van der Waals surface area contributed by atoms with Gasteiger partial charge in [0, 0.05) is 25.7 Å². The van der Waals surface area contributed by atoms with Crippen LogP contribution in [0.2, 0.25) is 0 Å². The molecule has 0 radical (unpaired) electrons. The first-order valence-electron chi connectivity index (χ1n) is 8.84. The molecule has 2 rings (SSSR count). The number of hydrogen-bond acceptors (Lipinski definition) is 4. The number of sulfonamides is 1. The fourth-order valence-corrected chi connectivity index (χ4v) is 4.50. The van der Waals surface area contributed by atoms with Gasteiger partial charge in [-0.15, -0.1) is 0 Å². The molecule has 134 valence electrons. The Morgan fingerprint density at radius 1 is 1.13 bits per heavy atom. The molecule has 23 heavy (non-hydrogen) atoms. The lowest BCUT2D eigenvalue weighted by atomic mass is 9.89. The lowest BCUT2D eigenvalue weighted by Crippen LogP contribution is -2.52. The predicted octanol–water partition coefficient (Wildman–Crippen LogP) is 1.09. The SMILES string of the molecule is CC(C(=O)NCC1CCCCC1)N1CCC(NS(C)(=O)=O)CC1. The van der Waals surface area contributed by atoms with Gasteiger partial charge in [0.2, 0.25) is 15.9 Å². The molecule has 1 saturated heterocycles. The smallest absolute Gasteiger partial charge is 0.237 e. The molecule has 2 fully saturated rings. The van der Waals surface area contributed by atoms with Crippen LogP contribution in [-0.2, 0) is 14.8 Å². The number of piperidine rings is 1. The minimum atomic E-state index is -3.15. The molecule has 2 N–H and O–H groups in total. The molecule has 0 aromatic carbocycles. The highest BCUT2D eigenvalue weighted by atomic mass is 32.2. The highest BCUT2D eigenvalue weighted by Gasteiger charge is 2.28. The topological polar surface area (TPSA) is 78.5 Å². The van der Waals surface area contributed by atoms with Gasteiger partial charge in [-0.3, -0.25) is 9.69 Å². The zero-order valence-electron chi connectivity index (χ0n) is 14.4. The Labute approximate surface area is 140 Å². The van der Waals surface area contributed by atoms with E-state index in [0.29, 0.717) is 5.92 Å². The summed E-state index contributed by atoms with van der Waals surface area (Å²) in [5.41, 5.74) is 0. The molecule has 6 nitrogen and oxygen atoms in total. The molecule has 1 heterocycles. The molecule has 1 saturated carbocycles. The molecular formula is C16H31N3O3S. The minimum absolute atomic E-state index is 0.00116. The first kappa shape index (κ1) is 18.7. The van der Waals surface area contributed by atoms with Crippen LogP contribution in [0.25, 0.3) is 0 Å². The average molecular weight is 346 g/mol. The number of likely N-dealkylation sites (tertiary alicyclic amines) is 1. The van der Waals surface area contributed by atoms with Gasteiger partial charge in [0.25, 0.3) is 0 Å². The van der Waals surface area contributed by atoms with Crippen molar-refractivity contribution in [2.75, 3.05) is 25.9 Å². The summed E-state index contributed by atoms with van der Waals surface area (Å²) in [5, 5.41) is 3.11. The van der Waals surface area contributed by atoms with E-state index in [1.54, 1.807) is 0 Å². The van der Waals surface area contributed by atoms with Crippen molar-refractivity contribution in [1.29, 1.82) is 0 Å². The maximum atomic E-state index is 12.3. The average Bonchev–Trinajstić information content (AvgIpc) is 2.52. The summed E-state index contributed by atoms with van der Waals surface area (Å²) in [4.78, 5) is 14.5. The number of nitrogens with one attached hydrogen (secondary N) is 2. The van der Waals surface area contributed by atoms with Gasteiger partial charge in [0.15, 0.2) is 0 Å². The number of amides is 1. The van der Waals surface area contributed by atoms with Crippen molar-refractivity contribution in [3.8, 4) is 0 Å². The molecule has 7 heteroatoms. The molecular weight excluding hydrogens is 314 g/mol. The standard InChI is InChI=1S/C16H31N3O3S/c1-13(16(20)17-12-14-6-4-3-5-7-14)19-10-8-15(9-11-19)18-23(2,21)22/h13-15,18H,3-12H2,1-2H3,(H,17,20). The van der Waals surface area contributed by atoms with Gasteiger partial charge in [0.05, 0.1) is 12.3 Å². The van der Waals surface area contributed by atoms with Gasteiger partial charge in [-0.1, -0.05) is 19.3 Å². The van der Waals surface area contributed by atoms with E-state index in [0.717, 1.165) is 32.5 Å². The van der Waals surface area contributed by atoms with Gasteiger partial charge in [-0.2, -0.15) is 0 Å². The number of carbonyl (C=O) groups is 1. The Kier molecular flexibility index (Phi) is 6.85. The maximum absolute atomic E-state index is 12.3. The van der Waals surface area contributed by atoms with Crippen LogP contribution >= 0.6 is 0 Å². The summed E-state index contributed by atoms with van der Waals surface area (Å²) in [6.45, 7) is 4.26. The molecule has 0 aromatic heterocycles. The Balaban J connectivity index is 1.71. The largest absolute Gasteiger partial charge is 0.354 e. The fraction of sp³-hybridized carbons (Fsp3) is 0.938. The first-order chi connectivity index (χ1) is 10.8. The molecule has 1 unspecified atom stereocenters. The van der Waals surface area contributed by atoms with Crippen molar-refractivity contribution in [2.45, 2.75) is 64.0 Å². The Bertz CT molecular complexity index is 481. The summed E-state index contributed by atoms with van der Waals surface area (Å²) in [6.07, 6.45) is 9.08. The summed E-state index contributed by atoms with van der Waals surface area (Å²) in [7, 11) is -3.15. The Hall–Kier alpha value is -0.660. The molecule has 1 aliphatic carbocycles. The third-order valence-electron chi connectivity index (χ3n) is 5.13. The number of carbonyl (C=O) groups excluding carboxylic acids is 1. The van der Waals surface area contributed by atoms with Crippen molar-refractivity contribution in [3.63, 3.8) is 0 Å². The molecule has 0 bridgehead atoms. The quantitative estimate of drug-likeness (QED) is 0.755. The lowest BCUT2D eigenvalue weighted by molar-refractivity contribution is -0.126. The lowest BCUT2D eigenvalue weighted by Gasteiger charge is -2.35. The van der Waals surface area contributed by atoms with Gasteiger partial charge in [0.1, 0.15) is 0 Å². The molecule has 0 spiro atoms. The van der Waals surface area contributed by atoms with Gasteiger partial charge < -0.3 is 5.32 Å². The van der Waals surface area contributed by atoms with E-state index in [4.69, 9.17) is 0 Å². The van der Waals surface area contributed by atoms with E-state index >= 15 is 0 Å². The molecule has 1 atom stereocenters. The first-order valence-corrected chi connectivity index (χ1v) is 10.7. The molecule has 1 amide bonds. The van der Waals surface area contributed by atoms with E-state index in [9.17, 15) is 13.2 Å². The minimum Gasteiger partial charge on any atom is -0.354 e. The van der Waals surface area contributed by atoms with E-state index in [1.807, 2.05) is 6.92 Å². The van der Waals surface area contributed by atoms with Crippen molar-refractivity contribution in [3.05, 3.63) is 0 Å². The van der Waals surface area contributed by atoms with Crippen molar-refractivity contribution in [1.82, 2.24) is 14.9 Å². The third kappa shape index (κ3) is 6.39. The van der Waals surface area contributed by atoms with Crippen molar-refractivity contribution < 1.29 is 13.2 Å². The summed E-state index contributed by atoms with van der Waals surface area (Å²) in [5.74, 6) is 0.745. The van der Waals surface area contributed by atoms with Gasteiger partial charge in [-0.25, -0.2) is 13.1 Å². The predicted molar refractivity (Wildman–Crippen MR) is 91.6 cm³/mol. The monoisotopic (exact) mass is 345 g/mol. The van der Waals surface area contributed by atoms with Crippen LogP contribution in [0, 0.1) is 5.92 Å². The number of nitrogens with zero attached hydrogens (tertiary/aromatic N) is 1. The van der Waals surface area contributed by atoms with Crippen LogP contribution in [0.15, 0.2) is 0 Å². The highest BCUT2D eigenvalue weighted by Crippen LogP contribution is 2.23. The number of hydrogen-bond donors (Lipinski definition) is 2.